The van der Waals surface area contributed by atoms with E-state index in [0.29, 0.717) is 30.8 Å². The summed E-state index contributed by atoms with van der Waals surface area (Å²) >= 11 is 0. The quantitative estimate of drug-likeness (QED) is 0.464. The van der Waals surface area contributed by atoms with Gasteiger partial charge in [0, 0.05) is 36.9 Å². The molecule has 4 heteroatoms. The van der Waals surface area contributed by atoms with Crippen molar-refractivity contribution in [3.8, 4) is 0 Å². The van der Waals surface area contributed by atoms with E-state index in [1.807, 2.05) is 12.4 Å². The molecule has 3 nitrogen and oxygen atoms in total. The molecule has 4 heterocycles. The molecule has 0 unspecified atom stereocenters. The lowest BCUT2D eigenvalue weighted by molar-refractivity contribution is -0.140. The molecule has 4 fully saturated rings. The van der Waals surface area contributed by atoms with Crippen LogP contribution in [0.1, 0.15) is 76.2 Å². The number of nitrogens with zero attached hydrogens (tertiary/aromatic N) is 2. The second-order valence-corrected chi connectivity index (χ2v) is 13.0. The van der Waals surface area contributed by atoms with Crippen LogP contribution in [0.15, 0.2) is 60.0 Å². The number of rotatable bonds is 2. The van der Waals surface area contributed by atoms with Crippen molar-refractivity contribution in [2.24, 2.45) is 11.3 Å². The van der Waals surface area contributed by atoms with Crippen molar-refractivity contribution < 1.29 is 9.13 Å². The van der Waals surface area contributed by atoms with Crippen LogP contribution in [-0.4, -0.2) is 46.4 Å². The third-order valence-electron chi connectivity index (χ3n) is 11.4. The summed E-state index contributed by atoms with van der Waals surface area (Å²) in [5, 5.41) is 2.52. The Kier molecular flexibility index (Phi) is 4.59. The first kappa shape index (κ1) is 22.0. The van der Waals surface area contributed by atoms with Crippen molar-refractivity contribution in [3.63, 3.8) is 0 Å². The van der Waals surface area contributed by atoms with Crippen LogP contribution in [0, 0.1) is 11.3 Å². The smallest absolute Gasteiger partial charge is 0.114 e. The van der Waals surface area contributed by atoms with E-state index >= 15 is 0 Å². The molecule has 1 aromatic heterocycles. The molecule has 0 radical (unpaired) electrons. The van der Waals surface area contributed by atoms with E-state index in [4.69, 9.17) is 4.74 Å². The number of ether oxygens (including phenoxy) is 1. The van der Waals surface area contributed by atoms with Gasteiger partial charge >= 0.3 is 0 Å². The summed E-state index contributed by atoms with van der Waals surface area (Å²) in [7, 11) is 0. The van der Waals surface area contributed by atoms with E-state index in [9.17, 15) is 4.39 Å². The number of hydrogen-bond donors (Lipinski definition) is 0. The molecule has 0 N–H and O–H groups in total. The molecule has 7 atom stereocenters. The predicted octanol–water partition coefficient (Wildman–Crippen LogP) is 6.89. The SMILES string of the molecule is C[C@]12CC=C3C=C4CC[C@H](N5CC[C@@H](F)C5)C[C@]45CC[C@]3(O5)[C@@H]1CC[C@@H]2c1ccc2ccncc2c1. The number of halogens is 1. The molecule has 2 saturated carbocycles. The van der Waals surface area contributed by atoms with Gasteiger partial charge in [-0.2, -0.15) is 0 Å². The van der Waals surface area contributed by atoms with Crippen molar-refractivity contribution in [2.75, 3.05) is 13.1 Å². The van der Waals surface area contributed by atoms with Crippen LogP contribution in [0.3, 0.4) is 0 Å². The second kappa shape index (κ2) is 7.51. The summed E-state index contributed by atoms with van der Waals surface area (Å²) in [5.41, 5.74) is 4.47. The molecule has 36 heavy (non-hydrogen) atoms. The number of fused-ring (bicyclic) bond motifs is 2. The van der Waals surface area contributed by atoms with Gasteiger partial charge in [0.2, 0.25) is 0 Å². The van der Waals surface area contributed by atoms with Crippen molar-refractivity contribution in [2.45, 2.75) is 94.0 Å². The molecule has 6 aliphatic rings. The Labute approximate surface area is 213 Å². The standard InChI is InChI=1S/C32H37FN2O/c1-30-11-8-25-17-24-4-5-27(35-15-10-26(33)20-35)18-31(24)12-13-32(25,36-31)29(30)7-6-28(30)22-3-2-21-9-14-34-19-23(21)16-22/h2-3,8-9,14,16-17,19,26-29H,4-7,10-13,15,18,20H2,1H3/t26-,27+,28-,29-,30-,31-,32-/m1/s1. The molecule has 3 aliphatic heterocycles. The third kappa shape index (κ3) is 2.89. The molecule has 3 aliphatic carbocycles. The highest BCUT2D eigenvalue weighted by molar-refractivity contribution is 5.82. The van der Waals surface area contributed by atoms with Crippen LogP contribution in [0.4, 0.5) is 4.39 Å². The highest BCUT2D eigenvalue weighted by Crippen LogP contribution is 2.69. The van der Waals surface area contributed by atoms with Crippen LogP contribution >= 0.6 is 0 Å². The van der Waals surface area contributed by atoms with E-state index in [-0.39, 0.29) is 16.6 Å². The molecule has 1 aromatic carbocycles. The molecular formula is C32H37FN2O. The molecule has 188 valence electrons. The van der Waals surface area contributed by atoms with Gasteiger partial charge in [0.1, 0.15) is 6.17 Å². The zero-order chi connectivity index (χ0) is 24.1. The van der Waals surface area contributed by atoms with Crippen molar-refractivity contribution in [1.29, 1.82) is 0 Å². The Morgan fingerprint density at radius 1 is 1.08 bits per heavy atom. The first-order valence-corrected chi connectivity index (χ1v) is 14.3. The number of alkyl halides is 1. The number of pyridine rings is 1. The van der Waals surface area contributed by atoms with Gasteiger partial charge in [-0.3, -0.25) is 9.88 Å². The third-order valence-corrected chi connectivity index (χ3v) is 11.4. The largest absolute Gasteiger partial charge is 0.359 e. The normalized spacial score (nSPS) is 43.6. The fraction of sp³-hybridized carbons (Fsp3) is 0.594. The average molecular weight is 485 g/mol. The van der Waals surface area contributed by atoms with Gasteiger partial charge in [-0.05, 0) is 109 Å². The average Bonchev–Trinajstić information content (AvgIpc) is 3.57. The van der Waals surface area contributed by atoms with E-state index in [1.54, 1.807) is 0 Å². The zero-order valence-electron chi connectivity index (χ0n) is 21.4. The van der Waals surface area contributed by atoms with Gasteiger partial charge in [0.15, 0.2) is 0 Å². The molecule has 2 saturated heterocycles. The van der Waals surface area contributed by atoms with Crippen LogP contribution < -0.4 is 0 Å². The Morgan fingerprint density at radius 3 is 2.92 bits per heavy atom. The Hall–Kier alpha value is -2.04. The Bertz CT molecular complexity index is 1300. The fourth-order valence-corrected chi connectivity index (χ4v) is 9.64. The highest BCUT2D eigenvalue weighted by Gasteiger charge is 2.66. The monoisotopic (exact) mass is 484 g/mol. The van der Waals surface area contributed by atoms with Crippen LogP contribution in [-0.2, 0) is 4.74 Å². The maximum atomic E-state index is 14.0. The van der Waals surface area contributed by atoms with Gasteiger partial charge in [-0.1, -0.05) is 31.2 Å². The Balaban J connectivity index is 1.14. The van der Waals surface area contributed by atoms with Crippen LogP contribution in [0.25, 0.3) is 10.8 Å². The maximum Gasteiger partial charge on any atom is 0.114 e. The van der Waals surface area contributed by atoms with Crippen molar-refractivity contribution in [1.82, 2.24) is 9.88 Å². The number of benzene rings is 1. The van der Waals surface area contributed by atoms with E-state index < -0.39 is 6.17 Å². The highest BCUT2D eigenvalue weighted by atomic mass is 19.1. The summed E-state index contributed by atoms with van der Waals surface area (Å²) in [6, 6.07) is 9.63. The number of hydrogen-bond acceptors (Lipinski definition) is 3. The number of aromatic nitrogens is 1. The summed E-state index contributed by atoms with van der Waals surface area (Å²) in [6.45, 7) is 4.09. The fourth-order valence-electron chi connectivity index (χ4n) is 9.64. The first-order chi connectivity index (χ1) is 17.5. The molecule has 2 aromatic rings. The minimum Gasteiger partial charge on any atom is -0.359 e. The molecule has 8 rings (SSSR count). The van der Waals surface area contributed by atoms with E-state index in [2.05, 4.69) is 53.2 Å². The van der Waals surface area contributed by atoms with Gasteiger partial charge < -0.3 is 4.74 Å². The lowest BCUT2D eigenvalue weighted by Crippen LogP contribution is -2.55. The van der Waals surface area contributed by atoms with E-state index in [0.717, 1.165) is 45.1 Å². The maximum absolute atomic E-state index is 14.0. The molecule has 2 spiro atoms. The van der Waals surface area contributed by atoms with Gasteiger partial charge in [-0.25, -0.2) is 4.39 Å². The summed E-state index contributed by atoms with van der Waals surface area (Å²) in [4.78, 5) is 6.81. The summed E-state index contributed by atoms with van der Waals surface area (Å²) < 4.78 is 21.5. The van der Waals surface area contributed by atoms with Crippen LogP contribution in [0.2, 0.25) is 0 Å². The second-order valence-electron chi connectivity index (χ2n) is 13.0. The first-order valence-electron chi connectivity index (χ1n) is 14.3. The van der Waals surface area contributed by atoms with Gasteiger partial charge in [0.25, 0.3) is 0 Å². The zero-order valence-corrected chi connectivity index (χ0v) is 21.4. The predicted molar refractivity (Wildman–Crippen MR) is 141 cm³/mol. The van der Waals surface area contributed by atoms with Gasteiger partial charge in [-0.15, -0.1) is 0 Å². The Morgan fingerprint density at radius 2 is 2.03 bits per heavy atom. The summed E-state index contributed by atoms with van der Waals surface area (Å²) in [6.07, 6.45) is 18.3. The number of likely N-dealkylation sites (tertiary alicyclic amines) is 1. The number of allylic oxidation sites excluding steroid dienone is 1. The molecule has 0 amide bonds. The van der Waals surface area contributed by atoms with Crippen molar-refractivity contribution in [3.05, 3.63) is 65.5 Å². The topological polar surface area (TPSA) is 25.4 Å². The molecule has 2 bridgehead atoms. The van der Waals surface area contributed by atoms with Crippen molar-refractivity contribution >= 4 is 10.8 Å². The lowest BCUT2D eigenvalue weighted by atomic mass is 9.58. The van der Waals surface area contributed by atoms with E-state index in [1.165, 1.54) is 40.3 Å². The van der Waals surface area contributed by atoms with Gasteiger partial charge in [0.05, 0.1) is 11.2 Å². The minimum atomic E-state index is -0.642. The minimum absolute atomic E-state index is 0.111. The van der Waals surface area contributed by atoms with Crippen LogP contribution in [0.5, 0.6) is 0 Å². The molecular weight excluding hydrogens is 447 g/mol. The summed E-state index contributed by atoms with van der Waals surface area (Å²) in [5.74, 6) is 1.11. The lowest BCUT2D eigenvalue weighted by Gasteiger charge is -2.55.